The van der Waals surface area contributed by atoms with E-state index in [4.69, 9.17) is 0 Å². The van der Waals surface area contributed by atoms with Crippen LogP contribution in [0.1, 0.15) is 64.7 Å². The SMILES string of the molecule is CC12CC3CC(C1)CC(C(O)C1=CCCC1)(C3)C2. The van der Waals surface area contributed by atoms with E-state index >= 15 is 0 Å². The summed E-state index contributed by atoms with van der Waals surface area (Å²) in [6.45, 7) is 2.50. The average Bonchev–Trinajstić information content (AvgIpc) is 2.77. The highest BCUT2D eigenvalue weighted by Crippen LogP contribution is 2.66. The van der Waals surface area contributed by atoms with Gasteiger partial charge in [0.1, 0.15) is 0 Å². The molecule has 5 rings (SSSR count). The topological polar surface area (TPSA) is 20.2 Å². The zero-order valence-electron chi connectivity index (χ0n) is 11.6. The first-order valence-electron chi connectivity index (χ1n) is 7.96. The zero-order chi connectivity index (χ0) is 12.4. The van der Waals surface area contributed by atoms with Crippen molar-refractivity contribution in [2.24, 2.45) is 22.7 Å². The van der Waals surface area contributed by atoms with Crippen LogP contribution in [0.2, 0.25) is 0 Å². The van der Waals surface area contributed by atoms with Crippen molar-refractivity contribution in [3.63, 3.8) is 0 Å². The summed E-state index contributed by atoms with van der Waals surface area (Å²) in [7, 11) is 0. The first-order valence-corrected chi connectivity index (χ1v) is 7.96. The molecule has 1 heteroatoms. The van der Waals surface area contributed by atoms with Gasteiger partial charge in [-0.05, 0) is 80.6 Å². The van der Waals surface area contributed by atoms with Gasteiger partial charge in [0.2, 0.25) is 0 Å². The molecule has 5 aliphatic carbocycles. The average molecular weight is 246 g/mol. The Kier molecular flexibility index (Phi) is 2.32. The van der Waals surface area contributed by atoms with E-state index in [9.17, 15) is 5.11 Å². The van der Waals surface area contributed by atoms with Gasteiger partial charge in [0.05, 0.1) is 6.10 Å². The van der Waals surface area contributed by atoms with E-state index in [1.165, 1.54) is 56.9 Å². The molecule has 0 aliphatic heterocycles. The van der Waals surface area contributed by atoms with Crippen molar-refractivity contribution in [3.8, 4) is 0 Å². The highest BCUT2D eigenvalue weighted by Gasteiger charge is 2.58. The van der Waals surface area contributed by atoms with Crippen LogP contribution in [0, 0.1) is 22.7 Å². The molecule has 0 radical (unpaired) electrons. The Labute approximate surface area is 111 Å². The molecule has 0 amide bonds. The minimum atomic E-state index is -0.106. The number of rotatable bonds is 2. The Hall–Kier alpha value is -0.300. The van der Waals surface area contributed by atoms with E-state index in [-0.39, 0.29) is 11.5 Å². The molecule has 0 aromatic rings. The van der Waals surface area contributed by atoms with Crippen LogP contribution in [-0.4, -0.2) is 11.2 Å². The monoisotopic (exact) mass is 246 g/mol. The second-order valence-corrected chi connectivity index (χ2v) is 8.21. The summed E-state index contributed by atoms with van der Waals surface area (Å²) in [5.41, 5.74) is 2.22. The summed E-state index contributed by atoms with van der Waals surface area (Å²) >= 11 is 0. The number of aliphatic hydroxyl groups is 1. The third-order valence-electron chi connectivity index (χ3n) is 6.41. The molecule has 4 bridgehead atoms. The number of hydrogen-bond donors (Lipinski definition) is 1. The first-order chi connectivity index (χ1) is 8.59. The lowest BCUT2D eigenvalue weighted by molar-refractivity contribution is -0.143. The van der Waals surface area contributed by atoms with Crippen LogP contribution in [0.25, 0.3) is 0 Å². The third-order valence-corrected chi connectivity index (χ3v) is 6.41. The number of allylic oxidation sites excluding steroid dienone is 1. The lowest BCUT2D eigenvalue weighted by Crippen LogP contribution is -2.55. The molecule has 5 aliphatic rings. The molecule has 4 saturated carbocycles. The van der Waals surface area contributed by atoms with Gasteiger partial charge in [-0.3, -0.25) is 0 Å². The molecule has 3 atom stereocenters. The fourth-order valence-electron chi connectivity index (χ4n) is 6.46. The van der Waals surface area contributed by atoms with Crippen LogP contribution in [0.4, 0.5) is 0 Å². The fourth-order valence-corrected chi connectivity index (χ4v) is 6.46. The van der Waals surface area contributed by atoms with Gasteiger partial charge in [0.15, 0.2) is 0 Å². The van der Waals surface area contributed by atoms with Crippen LogP contribution >= 0.6 is 0 Å². The molecule has 0 aromatic heterocycles. The Balaban J connectivity index is 1.66. The predicted octanol–water partition coefficient (Wildman–Crippen LogP) is 4.06. The molecule has 1 nitrogen and oxygen atoms in total. The maximum absolute atomic E-state index is 11.0. The quantitative estimate of drug-likeness (QED) is 0.728. The summed E-state index contributed by atoms with van der Waals surface area (Å²) in [6, 6.07) is 0. The molecular weight excluding hydrogens is 220 g/mol. The highest BCUT2D eigenvalue weighted by molar-refractivity contribution is 5.21. The Bertz CT molecular complexity index is 380. The van der Waals surface area contributed by atoms with Gasteiger partial charge in [-0.2, -0.15) is 0 Å². The Morgan fingerprint density at radius 1 is 1.22 bits per heavy atom. The van der Waals surface area contributed by atoms with Gasteiger partial charge in [0.25, 0.3) is 0 Å². The van der Waals surface area contributed by atoms with Gasteiger partial charge in [-0.25, -0.2) is 0 Å². The first kappa shape index (κ1) is 11.5. The summed E-state index contributed by atoms with van der Waals surface area (Å²) in [4.78, 5) is 0. The van der Waals surface area contributed by atoms with Crippen molar-refractivity contribution in [1.29, 1.82) is 0 Å². The number of aliphatic hydroxyl groups excluding tert-OH is 1. The smallest absolute Gasteiger partial charge is 0.0806 e. The minimum Gasteiger partial charge on any atom is -0.388 e. The van der Waals surface area contributed by atoms with Gasteiger partial charge < -0.3 is 5.11 Å². The van der Waals surface area contributed by atoms with Crippen molar-refractivity contribution in [1.82, 2.24) is 0 Å². The summed E-state index contributed by atoms with van der Waals surface area (Å²) in [5, 5.41) is 11.0. The highest BCUT2D eigenvalue weighted by atomic mass is 16.3. The molecule has 18 heavy (non-hydrogen) atoms. The molecule has 0 aromatic carbocycles. The fraction of sp³-hybridized carbons (Fsp3) is 0.882. The van der Waals surface area contributed by atoms with Gasteiger partial charge in [-0.15, -0.1) is 0 Å². The maximum atomic E-state index is 11.0. The molecular formula is C17H26O. The van der Waals surface area contributed by atoms with Crippen molar-refractivity contribution in [2.75, 3.05) is 0 Å². The van der Waals surface area contributed by atoms with Crippen molar-refractivity contribution in [2.45, 2.75) is 70.8 Å². The molecule has 100 valence electrons. The molecule has 0 heterocycles. The lowest BCUT2D eigenvalue weighted by Gasteiger charge is -2.62. The van der Waals surface area contributed by atoms with Crippen LogP contribution < -0.4 is 0 Å². The lowest BCUT2D eigenvalue weighted by atomic mass is 9.43. The molecule has 4 fully saturated rings. The van der Waals surface area contributed by atoms with E-state index in [0.717, 1.165) is 18.3 Å². The van der Waals surface area contributed by atoms with Crippen LogP contribution in [0.5, 0.6) is 0 Å². The second-order valence-electron chi connectivity index (χ2n) is 8.21. The zero-order valence-corrected chi connectivity index (χ0v) is 11.6. The summed E-state index contributed by atoms with van der Waals surface area (Å²) in [5.74, 6) is 1.85. The largest absolute Gasteiger partial charge is 0.388 e. The standard InChI is InChI=1S/C17H26O/c1-16-7-12-6-13(8-16)10-17(9-12,11-16)15(18)14-4-2-3-5-14/h4,12-13,15,18H,2-3,5-11H2,1H3. The van der Waals surface area contributed by atoms with E-state index < -0.39 is 0 Å². The Morgan fingerprint density at radius 3 is 2.50 bits per heavy atom. The summed E-state index contributed by atoms with van der Waals surface area (Å²) < 4.78 is 0. The van der Waals surface area contributed by atoms with E-state index in [1.54, 1.807) is 0 Å². The predicted molar refractivity (Wildman–Crippen MR) is 73.2 cm³/mol. The van der Waals surface area contributed by atoms with E-state index in [0.29, 0.717) is 5.41 Å². The summed E-state index contributed by atoms with van der Waals surface area (Å²) in [6.07, 6.45) is 14.1. The van der Waals surface area contributed by atoms with Crippen molar-refractivity contribution < 1.29 is 5.11 Å². The van der Waals surface area contributed by atoms with E-state index in [1.807, 2.05) is 0 Å². The van der Waals surface area contributed by atoms with Gasteiger partial charge in [-0.1, -0.05) is 13.0 Å². The van der Waals surface area contributed by atoms with Gasteiger partial charge >= 0.3 is 0 Å². The normalized spacial score (nSPS) is 51.6. The Morgan fingerprint density at radius 2 is 1.94 bits per heavy atom. The number of hydrogen-bond acceptors (Lipinski definition) is 1. The minimum absolute atomic E-state index is 0.106. The van der Waals surface area contributed by atoms with Gasteiger partial charge in [0, 0.05) is 5.41 Å². The molecule has 3 unspecified atom stereocenters. The molecule has 1 N–H and O–H groups in total. The molecule has 0 saturated heterocycles. The second kappa shape index (κ2) is 3.62. The van der Waals surface area contributed by atoms with Crippen molar-refractivity contribution >= 4 is 0 Å². The maximum Gasteiger partial charge on any atom is 0.0806 e. The van der Waals surface area contributed by atoms with Crippen LogP contribution in [0.3, 0.4) is 0 Å². The molecule has 0 spiro atoms. The third kappa shape index (κ3) is 1.56. The van der Waals surface area contributed by atoms with E-state index in [2.05, 4.69) is 13.0 Å². The van der Waals surface area contributed by atoms with Crippen LogP contribution in [-0.2, 0) is 0 Å². The van der Waals surface area contributed by atoms with Crippen molar-refractivity contribution in [3.05, 3.63) is 11.6 Å². The van der Waals surface area contributed by atoms with Crippen LogP contribution in [0.15, 0.2) is 11.6 Å².